The van der Waals surface area contributed by atoms with E-state index in [1.165, 1.54) is 0 Å². The van der Waals surface area contributed by atoms with E-state index in [2.05, 4.69) is 0 Å². The Kier molecular flexibility index (Phi) is 37.5. The second-order valence-corrected chi connectivity index (χ2v) is 5.37. The molecule has 0 amide bonds. The quantitative estimate of drug-likeness (QED) is 0.204. The van der Waals surface area contributed by atoms with Gasteiger partial charge in [0.05, 0.1) is 0 Å². The molecule has 0 saturated carbocycles. The fraction of sp³-hybridized carbons (Fsp3) is 0. The minimum absolute atomic E-state index is 0. The van der Waals surface area contributed by atoms with Crippen molar-refractivity contribution in [2.45, 2.75) is 0 Å². The monoisotopic (exact) mass is 965 g/mol. The first-order chi connectivity index (χ1) is 8.00. The summed E-state index contributed by atoms with van der Waals surface area (Å²) in [5.41, 5.74) is 0. The van der Waals surface area contributed by atoms with Crippen LogP contribution in [0.15, 0.2) is 0 Å². The van der Waals surface area contributed by atoms with Gasteiger partial charge in [0.15, 0.2) is 0 Å². The first-order valence-electron chi connectivity index (χ1n) is 2.92. The minimum Gasteiger partial charge on any atom is -0.822 e. The van der Waals surface area contributed by atoms with Gasteiger partial charge in [0, 0.05) is 0 Å². The summed E-state index contributed by atoms with van der Waals surface area (Å²) in [4.78, 5) is 103. The fourth-order valence-electron chi connectivity index (χ4n) is 0. The van der Waals surface area contributed by atoms with Gasteiger partial charge in [0.25, 0.3) is 0 Å². The van der Waals surface area contributed by atoms with E-state index < -0.39 is 31.3 Å². The summed E-state index contributed by atoms with van der Waals surface area (Å²) in [5, 5.41) is 0. The van der Waals surface area contributed by atoms with E-state index in [0.717, 1.165) is 0 Å². The summed E-state index contributed by atoms with van der Waals surface area (Å²) < 4.78 is 34.2. The summed E-state index contributed by atoms with van der Waals surface area (Å²) in [6.45, 7) is 0. The average Bonchev–Trinajstić information content (AvgIpc) is 1.62. The SMILES string of the molecule is O=P([O-])([O-])[O-].O=P([O-])([O-])[O-].O=P([O-])([O-])[O-].O=P([O-])([O-])[O-].[Pt+4].[Pt+4].[Pt+4]. The minimum atomic E-state index is -5.39. The van der Waals surface area contributed by atoms with E-state index in [0.29, 0.717) is 0 Å². The van der Waals surface area contributed by atoms with Crippen LogP contribution in [0.3, 0.4) is 0 Å². The number of hydrogen-bond donors (Lipinski definition) is 0. The fourth-order valence-corrected chi connectivity index (χ4v) is 0. The summed E-state index contributed by atoms with van der Waals surface area (Å²) in [6.07, 6.45) is 0. The standard InChI is InChI=1S/4H3O4P.3Pt/c4*1-5(2,3)4;;;/h4*(H3,1,2,3,4);;;/q;;;;3*+4/p-12. The van der Waals surface area contributed by atoms with Gasteiger partial charge in [-0.2, -0.15) is 31.3 Å². The molecule has 146 valence electrons. The van der Waals surface area contributed by atoms with Crippen molar-refractivity contribution in [2.75, 3.05) is 0 Å². The first-order valence-corrected chi connectivity index (χ1v) is 8.76. The molecule has 0 aromatic carbocycles. The third kappa shape index (κ3) is 1980. The molecule has 0 fully saturated rings. The Hall–Kier alpha value is 2.50. The number of hydrogen-bond acceptors (Lipinski definition) is 16. The van der Waals surface area contributed by atoms with Crippen LogP contribution in [0.5, 0.6) is 0 Å². The van der Waals surface area contributed by atoms with Crippen LogP contribution in [0.4, 0.5) is 0 Å². The molecular formula is O16P4Pt3. The maximum atomic E-state index is 8.55. The molecule has 0 N–H and O–H groups in total. The van der Waals surface area contributed by atoms with Crippen molar-refractivity contribution in [1.82, 2.24) is 0 Å². The van der Waals surface area contributed by atoms with Crippen molar-refractivity contribution in [1.29, 1.82) is 0 Å². The van der Waals surface area contributed by atoms with Gasteiger partial charge in [-0.3, -0.25) is 0 Å². The van der Waals surface area contributed by atoms with Crippen molar-refractivity contribution in [2.24, 2.45) is 0 Å². The van der Waals surface area contributed by atoms with Gasteiger partial charge in [0.2, 0.25) is 0 Å². The molecule has 23 heavy (non-hydrogen) atoms. The molecule has 16 nitrogen and oxygen atoms in total. The van der Waals surface area contributed by atoms with E-state index in [9.17, 15) is 0 Å². The molecular weight excluding hydrogens is 965 g/mol. The molecule has 23 heteroatoms. The molecule has 0 aromatic rings. The maximum absolute atomic E-state index is 8.55. The van der Waals surface area contributed by atoms with Crippen LogP contribution >= 0.6 is 31.3 Å². The molecule has 0 aromatic heterocycles. The topological polar surface area (TPSA) is 345 Å². The normalized spacial score (nSPS) is 10.3. The molecule has 0 aliphatic heterocycles. The molecule has 0 atom stereocenters. The molecule has 0 bridgehead atoms. The van der Waals surface area contributed by atoms with Crippen molar-refractivity contribution >= 4 is 31.3 Å². The number of rotatable bonds is 0. The second-order valence-electron chi connectivity index (χ2n) is 1.79. The predicted octanol–water partition coefficient (Wildman–Crippen LogP) is -11.3. The van der Waals surface area contributed by atoms with Crippen molar-refractivity contribution < 1.29 is 140 Å². The van der Waals surface area contributed by atoms with Crippen LogP contribution in [-0.4, -0.2) is 0 Å². The van der Waals surface area contributed by atoms with Crippen molar-refractivity contribution in [3.05, 3.63) is 0 Å². The molecule has 0 radical (unpaired) electrons. The van der Waals surface area contributed by atoms with Gasteiger partial charge in [-0.15, -0.1) is 0 Å². The molecule has 0 aliphatic rings. The molecule has 0 aliphatic carbocycles. The summed E-state index contributed by atoms with van der Waals surface area (Å²) >= 11 is 0. The van der Waals surface area contributed by atoms with E-state index in [-0.39, 0.29) is 63.2 Å². The Morgan fingerprint density at radius 2 is 0.304 bits per heavy atom. The van der Waals surface area contributed by atoms with E-state index >= 15 is 0 Å². The van der Waals surface area contributed by atoms with Crippen LogP contribution in [0.25, 0.3) is 0 Å². The summed E-state index contributed by atoms with van der Waals surface area (Å²) in [5.74, 6) is 0. The average molecular weight is 965 g/mol. The summed E-state index contributed by atoms with van der Waals surface area (Å²) in [7, 11) is -21.6. The second kappa shape index (κ2) is 19.3. The van der Waals surface area contributed by atoms with E-state index in [1.54, 1.807) is 0 Å². The van der Waals surface area contributed by atoms with Gasteiger partial charge >= 0.3 is 63.2 Å². The molecule has 0 saturated heterocycles. The van der Waals surface area contributed by atoms with Crippen molar-refractivity contribution in [3.8, 4) is 0 Å². The Morgan fingerprint density at radius 3 is 0.304 bits per heavy atom. The maximum Gasteiger partial charge on any atom is 4.00 e. The summed E-state index contributed by atoms with van der Waals surface area (Å²) in [6, 6.07) is 0. The van der Waals surface area contributed by atoms with Gasteiger partial charge in [-0.25, -0.2) is 0 Å². The first kappa shape index (κ1) is 44.7. The predicted molar refractivity (Wildman–Crippen MR) is 30.4 cm³/mol. The molecule has 0 spiro atoms. The Morgan fingerprint density at radius 1 is 0.304 bits per heavy atom. The van der Waals surface area contributed by atoms with Gasteiger partial charge in [-0.05, 0) is 0 Å². The third-order valence-corrected chi connectivity index (χ3v) is 0. The van der Waals surface area contributed by atoms with Crippen LogP contribution in [0.2, 0.25) is 0 Å². The van der Waals surface area contributed by atoms with Crippen LogP contribution in [-0.2, 0) is 81.5 Å². The Bertz CT molecular complexity index is 292. The molecule has 0 heterocycles. The van der Waals surface area contributed by atoms with E-state index in [4.69, 9.17) is 77.0 Å². The van der Waals surface area contributed by atoms with Crippen LogP contribution in [0.1, 0.15) is 0 Å². The van der Waals surface area contributed by atoms with E-state index in [1.807, 2.05) is 0 Å². The van der Waals surface area contributed by atoms with Gasteiger partial charge < -0.3 is 77.0 Å². The smallest absolute Gasteiger partial charge is 0.822 e. The van der Waals surface area contributed by atoms with Crippen molar-refractivity contribution in [3.63, 3.8) is 0 Å². The zero-order valence-electron chi connectivity index (χ0n) is 9.27. The van der Waals surface area contributed by atoms with Gasteiger partial charge in [0.1, 0.15) is 0 Å². The zero-order valence-corrected chi connectivity index (χ0v) is 19.7. The van der Waals surface area contributed by atoms with Crippen LogP contribution in [0, 0.1) is 0 Å². The molecule has 0 unspecified atom stereocenters. The largest absolute Gasteiger partial charge is 4.00 e. The third-order valence-electron chi connectivity index (χ3n) is 0. The zero-order chi connectivity index (χ0) is 18.0. The van der Waals surface area contributed by atoms with Gasteiger partial charge in [-0.1, -0.05) is 0 Å². The Balaban J connectivity index is -0.0000000284. The number of phosphoric acid groups is 4. The molecule has 0 rings (SSSR count). The Labute approximate surface area is 170 Å². The van der Waals surface area contributed by atoms with Crippen LogP contribution < -0.4 is 58.7 Å².